The van der Waals surface area contributed by atoms with E-state index in [4.69, 9.17) is 15.6 Å². The quantitative estimate of drug-likeness (QED) is 0.792. The highest BCUT2D eigenvalue weighted by Crippen LogP contribution is 2.27. The van der Waals surface area contributed by atoms with Crippen LogP contribution >= 0.6 is 0 Å². The third kappa shape index (κ3) is 6.91. The van der Waals surface area contributed by atoms with E-state index in [-0.39, 0.29) is 25.1 Å². The first kappa shape index (κ1) is 22.4. The minimum atomic E-state index is -0.838. The van der Waals surface area contributed by atoms with Crippen molar-refractivity contribution >= 4 is 12.1 Å². The Balaban J connectivity index is 0.000000278. The number of benzene rings is 2. The highest BCUT2D eigenvalue weighted by atomic mass is 16.6. The van der Waals surface area contributed by atoms with Gasteiger partial charge in [0.1, 0.15) is 6.61 Å². The Morgan fingerprint density at radius 2 is 1.69 bits per heavy atom. The molecule has 0 unspecified atom stereocenters. The molecule has 2 aromatic carbocycles. The molecule has 1 amide bonds. The molecule has 29 heavy (non-hydrogen) atoms. The molecule has 3 atom stereocenters. The van der Waals surface area contributed by atoms with Crippen molar-refractivity contribution < 1.29 is 19.4 Å². The maximum Gasteiger partial charge on any atom is 0.410 e. The number of rotatable bonds is 5. The van der Waals surface area contributed by atoms with Crippen molar-refractivity contribution in [3.05, 3.63) is 71.8 Å². The zero-order chi connectivity index (χ0) is 21.2. The van der Waals surface area contributed by atoms with Crippen LogP contribution in [0, 0.1) is 11.8 Å². The summed E-state index contributed by atoms with van der Waals surface area (Å²) in [7, 11) is 0. The molecule has 1 aliphatic heterocycles. The molecule has 1 saturated heterocycles. The van der Waals surface area contributed by atoms with Crippen LogP contribution in [0.2, 0.25) is 0 Å². The predicted octanol–water partition coefficient (Wildman–Crippen LogP) is 4.07. The monoisotopic (exact) mass is 398 g/mol. The van der Waals surface area contributed by atoms with Crippen LogP contribution in [0.3, 0.4) is 0 Å². The molecule has 0 bridgehead atoms. The predicted molar refractivity (Wildman–Crippen MR) is 112 cm³/mol. The van der Waals surface area contributed by atoms with E-state index in [0.717, 1.165) is 12.0 Å². The molecular formula is C23H30N2O4. The van der Waals surface area contributed by atoms with Gasteiger partial charge in [-0.3, -0.25) is 4.79 Å². The number of nitrogens with zero attached hydrogens (tertiary/aromatic N) is 1. The molecule has 6 heteroatoms. The minimum absolute atomic E-state index is 0.0109. The van der Waals surface area contributed by atoms with Crippen LogP contribution in [0.15, 0.2) is 60.7 Å². The molecule has 3 N–H and O–H groups in total. The number of aliphatic carboxylic acids is 1. The third-order valence-electron chi connectivity index (χ3n) is 5.07. The second-order valence-corrected chi connectivity index (χ2v) is 7.26. The van der Waals surface area contributed by atoms with Gasteiger partial charge in [-0.2, -0.15) is 0 Å². The summed E-state index contributed by atoms with van der Waals surface area (Å²) in [6.07, 6.45) is 0.315. The smallest absolute Gasteiger partial charge is 0.410 e. The Labute approximate surface area is 172 Å². The molecule has 1 aliphatic rings. The lowest BCUT2D eigenvalue weighted by Crippen LogP contribution is -2.30. The Bertz CT molecular complexity index is 765. The van der Waals surface area contributed by atoms with Crippen molar-refractivity contribution in [3.63, 3.8) is 0 Å². The molecule has 0 spiro atoms. The number of amides is 1. The molecule has 0 saturated carbocycles. The summed E-state index contributed by atoms with van der Waals surface area (Å²) in [5.74, 6) is -1.31. The van der Waals surface area contributed by atoms with E-state index in [1.54, 1.807) is 0 Å². The van der Waals surface area contributed by atoms with E-state index < -0.39 is 18.0 Å². The lowest BCUT2D eigenvalue weighted by Gasteiger charge is -2.15. The van der Waals surface area contributed by atoms with E-state index >= 15 is 0 Å². The number of ether oxygens (including phenoxy) is 1. The SMILES string of the molecule is CC[C@@H]1CN(C(=O)OCc2ccccc2)C[C@@H]1C(=O)O.C[C@@H](N)c1ccccc1. The number of nitrogens with two attached hydrogens (primary N) is 1. The molecule has 0 aliphatic carbocycles. The number of likely N-dealkylation sites (tertiary alicyclic amines) is 1. The molecule has 1 heterocycles. The fourth-order valence-electron chi connectivity index (χ4n) is 3.28. The van der Waals surface area contributed by atoms with Crippen molar-refractivity contribution in [3.8, 4) is 0 Å². The first-order valence-corrected chi connectivity index (χ1v) is 9.91. The molecular weight excluding hydrogens is 368 g/mol. The van der Waals surface area contributed by atoms with Crippen molar-refractivity contribution in [2.24, 2.45) is 17.6 Å². The highest BCUT2D eigenvalue weighted by Gasteiger charge is 2.39. The van der Waals surface area contributed by atoms with Crippen molar-refractivity contribution in [1.82, 2.24) is 4.90 Å². The topological polar surface area (TPSA) is 92.9 Å². The molecule has 0 radical (unpaired) electrons. The fraction of sp³-hybridized carbons (Fsp3) is 0.391. The number of carboxylic acids is 1. The molecule has 0 aromatic heterocycles. The highest BCUT2D eigenvalue weighted by molar-refractivity contribution is 5.74. The summed E-state index contributed by atoms with van der Waals surface area (Å²) < 4.78 is 5.23. The van der Waals surface area contributed by atoms with Gasteiger partial charge in [0.2, 0.25) is 0 Å². The Morgan fingerprint density at radius 1 is 1.10 bits per heavy atom. The van der Waals surface area contributed by atoms with Crippen LogP contribution in [0.5, 0.6) is 0 Å². The second-order valence-electron chi connectivity index (χ2n) is 7.26. The van der Waals surface area contributed by atoms with Gasteiger partial charge in [-0.1, -0.05) is 74.0 Å². The minimum Gasteiger partial charge on any atom is -0.481 e. The Kier molecular flexibility index (Phi) is 8.68. The number of hydrogen-bond donors (Lipinski definition) is 2. The summed E-state index contributed by atoms with van der Waals surface area (Å²) in [5.41, 5.74) is 7.72. The maximum absolute atomic E-state index is 12.0. The zero-order valence-electron chi connectivity index (χ0n) is 17.0. The average molecular weight is 399 g/mol. The molecule has 3 rings (SSSR count). The van der Waals surface area contributed by atoms with Gasteiger partial charge in [0.05, 0.1) is 5.92 Å². The van der Waals surface area contributed by atoms with Gasteiger partial charge in [0.25, 0.3) is 0 Å². The molecule has 156 valence electrons. The third-order valence-corrected chi connectivity index (χ3v) is 5.07. The molecule has 2 aromatic rings. The van der Waals surface area contributed by atoms with Gasteiger partial charge >= 0.3 is 12.1 Å². The standard InChI is InChI=1S/C15H19NO4.C8H11N/c1-2-12-8-16(9-13(12)14(17)18)15(19)20-10-11-6-4-3-5-7-11;1-7(9)8-5-3-2-4-6-8/h3-7,12-13H,2,8-10H2,1H3,(H,17,18);2-7H,9H2,1H3/t12-,13+;7-/m11/s1. The number of carbonyl (C=O) groups is 2. The van der Waals surface area contributed by atoms with Gasteiger partial charge in [-0.15, -0.1) is 0 Å². The summed E-state index contributed by atoms with van der Waals surface area (Å²) >= 11 is 0. The summed E-state index contributed by atoms with van der Waals surface area (Å²) in [6, 6.07) is 19.6. The number of carbonyl (C=O) groups excluding carboxylic acids is 1. The second kappa shape index (κ2) is 11.2. The normalized spacial score (nSPS) is 19.1. The van der Waals surface area contributed by atoms with Gasteiger partial charge < -0.3 is 20.5 Å². The van der Waals surface area contributed by atoms with E-state index in [1.165, 1.54) is 10.5 Å². The van der Waals surface area contributed by atoms with Crippen LogP contribution in [-0.4, -0.2) is 35.2 Å². The van der Waals surface area contributed by atoms with Crippen molar-refractivity contribution in [1.29, 1.82) is 0 Å². The van der Waals surface area contributed by atoms with E-state index in [1.807, 2.05) is 74.5 Å². The number of carboxylic acid groups (broad SMARTS) is 1. The van der Waals surface area contributed by atoms with E-state index in [9.17, 15) is 9.59 Å². The Hall–Kier alpha value is -2.86. The lowest BCUT2D eigenvalue weighted by molar-refractivity contribution is -0.142. The molecule has 1 fully saturated rings. The van der Waals surface area contributed by atoms with Crippen LogP contribution in [0.4, 0.5) is 4.79 Å². The Morgan fingerprint density at radius 3 is 2.14 bits per heavy atom. The summed E-state index contributed by atoms with van der Waals surface area (Å²) in [5, 5.41) is 9.14. The van der Waals surface area contributed by atoms with Crippen LogP contribution in [-0.2, 0) is 16.1 Å². The van der Waals surface area contributed by atoms with Crippen LogP contribution in [0.25, 0.3) is 0 Å². The first-order valence-electron chi connectivity index (χ1n) is 9.91. The average Bonchev–Trinajstić information content (AvgIpc) is 3.19. The fourth-order valence-corrected chi connectivity index (χ4v) is 3.28. The van der Waals surface area contributed by atoms with E-state index in [0.29, 0.717) is 6.54 Å². The summed E-state index contributed by atoms with van der Waals surface area (Å²) in [4.78, 5) is 24.6. The molecule has 6 nitrogen and oxygen atoms in total. The van der Waals surface area contributed by atoms with Gasteiger partial charge in [0.15, 0.2) is 0 Å². The summed E-state index contributed by atoms with van der Waals surface area (Å²) in [6.45, 7) is 4.84. The van der Waals surface area contributed by atoms with Crippen LogP contribution < -0.4 is 5.73 Å². The van der Waals surface area contributed by atoms with Gasteiger partial charge in [0, 0.05) is 19.1 Å². The lowest BCUT2D eigenvalue weighted by atomic mass is 9.94. The zero-order valence-corrected chi connectivity index (χ0v) is 17.0. The first-order chi connectivity index (χ1) is 13.9. The van der Waals surface area contributed by atoms with Crippen molar-refractivity contribution in [2.45, 2.75) is 32.9 Å². The van der Waals surface area contributed by atoms with Gasteiger partial charge in [-0.25, -0.2) is 4.79 Å². The van der Waals surface area contributed by atoms with Crippen molar-refractivity contribution in [2.75, 3.05) is 13.1 Å². The largest absolute Gasteiger partial charge is 0.481 e. The maximum atomic E-state index is 12.0. The van der Waals surface area contributed by atoms with Crippen LogP contribution in [0.1, 0.15) is 37.4 Å². The van der Waals surface area contributed by atoms with E-state index in [2.05, 4.69) is 0 Å². The van der Waals surface area contributed by atoms with Gasteiger partial charge in [-0.05, 0) is 24.0 Å². The number of hydrogen-bond acceptors (Lipinski definition) is 4.